The van der Waals surface area contributed by atoms with Gasteiger partial charge in [0, 0.05) is 47.0 Å². The van der Waals surface area contributed by atoms with E-state index in [4.69, 9.17) is 4.74 Å². The van der Waals surface area contributed by atoms with Crippen LogP contribution >= 0.6 is 11.8 Å². The first-order valence-electron chi connectivity index (χ1n) is 10.00. The fourth-order valence-electron chi connectivity index (χ4n) is 4.25. The lowest BCUT2D eigenvalue weighted by atomic mass is 9.98. The number of hydrogen-bond acceptors (Lipinski definition) is 4. The smallest absolute Gasteiger partial charge is 0.260 e. The van der Waals surface area contributed by atoms with Crippen LogP contribution in [0.3, 0.4) is 0 Å². The molecule has 5 rings (SSSR count). The van der Waals surface area contributed by atoms with Gasteiger partial charge in [0.05, 0.1) is 5.57 Å². The van der Waals surface area contributed by atoms with Crippen LogP contribution in [0.4, 0.5) is 5.69 Å². The van der Waals surface area contributed by atoms with Crippen LogP contribution < -0.4 is 5.32 Å². The molecule has 28 heavy (non-hydrogen) atoms. The molecule has 0 aliphatic carbocycles. The highest BCUT2D eigenvalue weighted by Crippen LogP contribution is 2.41. The van der Waals surface area contributed by atoms with Crippen molar-refractivity contribution in [1.29, 1.82) is 0 Å². The van der Waals surface area contributed by atoms with E-state index in [0.717, 1.165) is 29.0 Å². The van der Waals surface area contributed by atoms with Gasteiger partial charge in [0.2, 0.25) is 0 Å². The van der Waals surface area contributed by atoms with Gasteiger partial charge in [0.15, 0.2) is 0 Å². The van der Waals surface area contributed by atoms with E-state index in [2.05, 4.69) is 40.2 Å². The van der Waals surface area contributed by atoms with Crippen LogP contribution in [0.15, 0.2) is 42.5 Å². The van der Waals surface area contributed by atoms with Gasteiger partial charge in [-0.15, -0.1) is 0 Å². The predicted octanol–water partition coefficient (Wildman–Crippen LogP) is 4.02. The summed E-state index contributed by atoms with van der Waals surface area (Å²) in [5.74, 6) is 3.18. The minimum absolute atomic E-state index is 0.0761. The van der Waals surface area contributed by atoms with Crippen LogP contribution in [0.5, 0.6) is 0 Å². The van der Waals surface area contributed by atoms with Crippen molar-refractivity contribution in [3.8, 4) is 0 Å². The van der Waals surface area contributed by atoms with Crippen LogP contribution in [0, 0.1) is 0 Å². The van der Waals surface area contributed by atoms with Gasteiger partial charge >= 0.3 is 0 Å². The second-order valence-electron chi connectivity index (χ2n) is 7.54. The Hall–Kier alpha value is -2.24. The van der Waals surface area contributed by atoms with E-state index in [9.17, 15) is 4.79 Å². The molecule has 3 aliphatic rings. The summed E-state index contributed by atoms with van der Waals surface area (Å²) in [7, 11) is 0. The van der Waals surface area contributed by atoms with Crippen molar-refractivity contribution in [2.75, 3.05) is 36.5 Å². The maximum atomic E-state index is 12.5. The molecule has 4 nitrogen and oxygen atoms in total. The van der Waals surface area contributed by atoms with E-state index in [0.29, 0.717) is 12.2 Å². The number of para-hydroxylation sites is 1. The number of nitrogens with zero attached hydrogens (tertiary/aromatic N) is 1. The number of carbonyl (C=O) groups is 1. The van der Waals surface area contributed by atoms with Gasteiger partial charge in [0.25, 0.3) is 5.91 Å². The average molecular weight is 393 g/mol. The summed E-state index contributed by atoms with van der Waals surface area (Å²) in [5, 5.41) is 2.94. The van der Waals surface area contributed by atoms with E-state index in [-0.39, 0.29) is 5.91 Å². The molecule has 1 fully saturated rings. The van der Waals surface area contributed by atoms with E-state index in [1.807, 2.05) is 24.3 Å². The first kappa shape index (κ1) is 17.8. The number of rotatable bonds is 4. The summed E-state index contributed by atoms with van der Waals surface area (Å²) in [6.07, 6.45) is 2.28. The van der Waals surface area contributed by atoms with Crippen LogP contribution in [0.1, 0.15) is 28.7 Å². The molecule has 1 saturated heterocycles. The number of aryl methyl sites for hydroxylation is 1. The second kappa shape index (κ2) is 7.64. The molecule has 0 unspecified atom stereocenters. The summed E-state index contributed by atoms with van der Waals surface area (Å²) in [5.41, 5.74) is 6.05. The molecule has 0 spiro atoms. The van der Waals surface area contributed by atoms with Crippen molar-refractivity contribution in [2.24, 2.45) is 0 Å². The Labute approximate surface area is 170 Å². The first-order chi connectivity index (χ1) is 13.8. The molecule has 0 atom stereocenters. The number of benzene rings is 2. The van der Waals surface area contributed by atoms with Gasteiger partial charge in [-0.3, -0.25) is 4.79 Å². The highest BCUT2D eigenvalue weighted by atomic mass is 32.2. The predicted molar refractivity (Wildman–Crippen MR) is 115 cm³/mol. The third kappa shape index (κ3) is 3.33. The zero-order valence-corrected chi connectivity index (χ0v) is 16.7. The molecule has 2 aromatic rings. The number of amides is 1. The Morgan fingerprint density at radius 3 is 2.82 bits per heavy atom. The molecular weight excluding hydrogens is 368 g/mol. The molecule has 2 aromatic carbocycles. The highest BCUT2D eigenvalue weighted by molar-refractivity contribution is 7.99. The van der Waals surface area contributed by atoms with Gasteiger partial charge in [-0.2, -0.15) is 11.8 Å². The van der Waals surface area contributed by atoms with Crippen molar-refractivity contribution in [1.82, 2.24) is 4.90 Å². The fourth-order valence-corrected chi connectivity index (χ4v) is 5.23. The third-order valence-electron chi connectivity index (χ3n) is 5.73. The summed E-state index contributed by atoms with van der Waals surface area (Å²) in [6, 6.07) is 14.4. The van der Waals surface area contributed by atoms with Crippen molar-refractivity contribution < 1.29 is 9.53 Å². The maximum absolute atomic E-state index is 12.5. The number of hydrogen-bond donors (Lipinski definition) is 1. The molecule has 0 bridgehead atoms. The topological polar surface area (TPSA) is 41.6 Å². The summed E-state index contributed by atoms with van der Waals surface area (Å²) in [4.78, 5) is 15.1. The Bertz CT molecular complexity index is 947. The highest BCUT2D eigenvalue weighted by Gasteiger charge is 2.32. The molecular formula is C23H24N2O2S. The molecule has 0 saturated carbocycles. The minimum Gasteiger partial charge on any atom is -0.487 e. The lowest BCUT2D eigenvalue weighted by Crippen LogP contribution is -2.33. The first-order valence-corrected chi connectivity index (χ1v) is 11.2. The Morgan fingerprint density at radius 1 is 1.07 bits per heavy atom. The molecule has 5 heteroatoms. The number of thioether (sulfide) groups is 1. The molecule has 0 aromatic heterocycles. The van der Waals surface area contributed by atoms with Crippen molar-refractivity contribution in [3.63, 3.8) is 0 Å². The zero-order chi connectivity index (χ0) is 18.9. The van der Waals surface area contributed by atoms with Crippen molar-refractivity contribution in [2.45, 2.75) is 19.4 Å². The monoisotopic (exact) mass is 392 g/mol. The van der Waals surface area contributed by atoms with Gasteiger partial charge in [-0.05, 0) is 31.0 Å². The molecule has 0 radical (unpaired) electrons. The fraction of sp³-hybridized carbons (Fsp3) is 0.348. The van der Waals surface area contributed by atoms with E-state index in [1.54, 1.807) is 0 Å². The normalized spacial score (nSPS) is 21.2. The Balaban J connectivity index is 1.34. The third-order valence-corrected chi connectivity index (χ3v) is 6.67. The Kier molecular flexibility index (Phi) is 4.87. The standard InChI is InChI=1S/C23H24N2O2S/c26-23-21(19-5-1-2-6-20(19)24-23)22-18-8-7-16(14-17(18)15-27-22)4-3-9-25-10-12-28-13-11-25/h1-2,5-8,14H,3-4,9-13,15H2,(H,24,26)/b22-21+. The minimum atomic E-state index is -0.0761. The largest absolute Gasteiger partial charge is 0.487 e. The molecule has 3 aliphatic heterocycles. The van der Waals surface area contributed by atoms with Gasteiger partial charge in [0.1, 0.15) is 12.4 Å². The lowest BCUT2D eigenvalue weighted by Gasteiger charge is -2.25. The van der Waals surface area contributed by atoms with Gasteiger partial charge in [-0.1, -0.05) is 36.4 Å². The van der Waals surface area contributed by atoms with Crippen LogP contribution in [0.25, 0.3) is 11.3 Å². The van der Waals surface area contributed by atoms with Crippen LogP contribution in [-0.4, -0.2) is 41.9 Å². The lowest BCUT2D eigenvalue weighted by molar-refractivity contribution is -0.110. The summed E-state index contributed by atoms with van der Waals surface area (Å²) >= 11 is 2.06. The maximum Gasteiger partial charge on any atom is 0.260 e. The SMILES string of the molecule is O=C1Nc2ccccc2/C1=C1\OCc2cc(CCCN3CCSCC3)ccc21. The molecule has 144 valence electrons. The van der Waals surface area contributed by atoms with Gasteiger partial charge < -0.3 is 15.0 Å². The number of anilines is 1. The molecule has 1 amide bonds. The van der Waals surface area contributed by atoms with Gasteiger partial charge in [-0.25, -0.2) is 0 Å². The number of ether oxygens (including phenoxy) is 1. The number of carbonyl (C=O) groups excluding carboxylic acids is 1. The quantitative estimate of drug-likeness (QED) is 0.798. The summed E-state index contributed by atoms with van der Waals surface area (Å²) < 4.78 is 6.00. The van der Waals surface area contributed by atoms with Crippen molar-refractivity contribution >= 4 is 34.7 Å². The van der Waals surface area contributed by atoms with E-state index in [1.165, 1.54) is 48.7 Å². The number of nitrogens with one attached hydrogen (secondary N) is 1. The number of fused-ring (bicyclic) bond motifs is 2. The Morgan fingerprint density at radius 2 is 1.93 bits per heavy atom. The second-order valence-corrected chi connectivity index (χ2v) is 8.77. The zero-order valence-electron chi connectivity index (χ0n) is 15.9. The van der Waals surface area contributed by atoms with Crippen molar-refractivity contribution in [3.05, 3.63) is 64.7 Å². The average Bonchev–Trinajstić information content (AvgIpc) is 3.28. The van der Waals surface area contributed by atoms with Crippen LogP contribution in [0.2, 0.25) is 0 Å². The van der Waals surface area contributed by atoms with Crippen LogP contribution in [-0.2, 0) is 22.6 Å². The summed E-state index contributed by atoms with van der Waals surface area (Å²) in [6.45, 7) is 4.17. The molecule has 3 heterocycles. The van der Waals surface area contributed by atoms with E-state index < -0.39 is 0 Å². The molecule has 1 N–H and O–H groups in total. The van der Waals surface area contributed by atoms with E-state index >= 15 is 0 Å².